The molecule has 0 fully saturated rings. The fourth-order valence-corrected chi connectivity index (χ4v) is 87.4. The van der Waals surface area contributed by atoms with E-state index in [9.17, 15) is 0 Å². The maximum Gasteiger partial charge on any atom is -1.00 e. The van der Waals surface area contributed by atoms with Crippen molar-refractivity contribution in [3.05, 3.63) is 322 Å². The zero-order valence-corrected chi connectivity index (χ0v) is 59.8. The second-order valence-electron chi connectivity index (χ2n) is 23.2. The molecule has 0 nitrogen and oxygen atoms in total. The predicted octanol–water partition coefficient (Wildman–Crippen LogP) is 13.0. The second kappa shape index (κ2) is 26.3. The smallest absolute Gasteiger partial charge is 1.00 e. The van der Waals surface area contributed by atoms with Crippen molar-refractivity contribution in [2.24, 2.45) is 0 Å². The van der Waals surface area contributed by atoms with Crippen molar-refractivity contribution in [3.63, 3.8) is 0 Å². The van der Waals surface area contributed by atoms with Crippen LogP contribution in [0.5, 0.6) is 0 Å². The van der Waals surface area contributed by atoms with Gasteiger partial charge in [0.1, 0.15) is 0 Å². The number of hydrogen-bond donors (Lipinski definition) is 0. The van der Waals surface area contributed by atoms with Crippen molar-refractivity contribution in [2.75, 3.05) is 0 Å². The van der Waals surface area contributed by atoms with Gasteiger partial charge in [-0.15, -0.1) is 0 Å². The van der Waals surface area contributed by atoms with Gasteiger partial charge in [-0.05, 0) is 0 Å². The SMILES string of the molecule is CC1=Cc2c(-c3ccccc3)cccc2[CH]1[Hf+]([CH]1C(C)=Cc2c(-c3ccccc3)cccc21)[SiH](C)c1ccccc1.CC1=Cc2c(-c3ccccc3)cccc2[CH]1[Hf+]([CH]1C(C)=Cc2c(-c3ccccc3)cccc21)[SiH](C)c1ccccc1.[Cl-].[Cl-]. The third-order valence-corrected chi connectivity index (χ3v) is 83.4. The molecule has 14 rings (SSSR count). The molecule has 0 saturated carbocycles. The molecule has 0 spiro atoms. The monoisotopic (exact) mass is 1490 g/mol. The number of fused-ring (bicyclic) bond motifs is 4. The van der Waals surface area contributed by atoms with Crippen molar-refractivity contribution < 1.29 is 66.0 Å². The molecule has 412 valence electrons. The van der Waals surface area contributed by atoms with Crippen molar-refractivity contribution in [1.82, 2.24) is 0 Å². The Morgan fingerprint density at radius 1 is 0.250 bits per heavy atom. The number of allylic oxidation sites excluding steroid dienone is 4. The van der Waals surface area contributed by atoms with Crippen LogP contribution in [0.4, 0.5) is 0 Å². The molecule has 0 amide bonds. The molecule has 0 heterocycles. The first-order valence-corrected chi connectivity index (χ1v) is 54.9. The third-order valence-electron chi connectivity index (χ3n) is 18.4. The van der Waals surface area contributed by atoms with Gasteiger partial charge in [0.05, 0.1) is 0 Å². The van der Waals surface area contributed by atoms with Crippen LogP contribution in [-0.2, 0) is 41.2 Å². The van der Waals surface area contributed by atoms with E-state index in [0.29, 0.717) is 14.7 Å². The fraction of sp³-hybridized carbons (Fsp3) is 0.128. The molecule has 84 heavy (non-hydrogen) atoms. The molecule has 6 atom stereocenters. The van der Waals surface area contributed by atoms with E-state index in [1.165, 1.54) is 66.8 Å². The average molecular weight is 1490 g/mol. The van der Waals surface area contributed by atoms with Crippen LogP contribution >= 0.6 is 0 Å². The van der Waals surface area contributed by atoms with Gasteiger partial charge < -0.3 is 24.8 Å². The minimum atomic E-state index is -2.54. The zero-order chi connectivity index (χ0) is 55.8. The Kier molecular flexibility index (Phi) is 18.6. The first-order chi connectivity index (χ1) is 40.2. The van der Waals surface area contributed by atoms with E-state index < -0.39 is 53.2 Å². The van der Waals surface area contributed by atoms with E-state index >= 15 is 0 Å². The molecule has 0 saturated heterocycles. The first kappa shape index (κ1) is 59.6. The van der Waals surface area contributed by atoms with Crippen molar-refractivity contribution in [2.45, 2.75) is 55.5 Å². The Labute approximate surface area is 528 Å². The van der Waals surface area contributed by atoms with Crippen molar-refractivity contribution in [3.8, 4) is 44.5 Å². The molecule has 0 radical (unpaired) electrons. The van der Waals surface area contributed by atoms with Crippen LogP contribution in [0.15, 0.2) is 277 Å². The van der Waals surface area contributed by atoms with Gasteiger partial charge in [0.25, 0.3) is 0 Å². The van der Waals surface area contributed by atoms with Crippen LogP contribution in [0.1, 0.15) is 86.9 Å². The molecule has 0 aliphatic heterocycles. The van der Waals surface area contributed by atoms with E-state index in [1.54, 1.807) is 54.9 Å². The van der Waals surface area contributed by atoms with Gasteiger partial charge in [-0.25, -0.2) is 0 Å². The molecule has 4 aliphatic carbocycles. The van der Waals surface area contributed by atoms with Crippen LogP contribution in [-0.4, -0.2) is 12.0 Å². The average Bonchev–Trinajstić information content (AvgIpc) is 1.92. The van der Waals surface area contributed by atoms with E-state index in [0.717, 1.165) is 0 Å². The summed E-state index contributed by atoms with van der Waals surface area (Å²) in [5.41, 5.74) is 29.5. The summed E-state index contributed by atoms with van der Waals surface area (Å²) >= 11 is -5.08. The molecule has 10 aromatic carbocycles. The summed E-state index contributed by atoms with van der Waals surface area (Å²) in [4.78, 5) is 0. The van der Waals surface area contributed by atoms with Gasteiger partial charge in [0, 0.05) is 0 Å². The van der Waals surface area contributed by atoms with Crippen LogP contribution in [0, 0.1) is 0 Å². The first-order valence-electron chi connectivity index (χ1n) is 29.5. The van der Waals surface area contributed by atoms with E-state index in [-0.39, 0.29) is 24.8 Å². The molecular formula is C78H70Cl2Hf2Si2. The van der Waals surface area contributed by atoms with Gasteiger partial charge in [-0.3, -0.25) is 0 Å². The quantitative estimate of drug-likeness (QED) is 0.107. The van der Waals surface area contributed by atoms with E-state index in [1.807, 2.05) is 0 Å². The number of rotatable bonds is 12. The number of hydrogen-bond acceptors (Lipinski definition) is 0. The molecular weight excluding hydrogens is 1420 g/mol. The normalized spacial score (nSPS) is 17.4. The summed E-state index contributed by atoms with van der Waals surface area (Å²) < 4.78 is 2.45. The van der Waals surface area contributed by atoms with Crippen molar-refractivity contribution in [1.29, 1.82) is 0 Å². The molecule has 6 heteroatoms. The number of halogens is 2. The Morgan fingerprint density at radius 3 is 0.667 bits per heavy atom. The summed E-state index contributed by atoms with van der Waals surface area (Å²) in [6.45, 7) is 15.1. The Hall–Kier alpha value is -6.09. The van der Waals surface area contributed by atoms with E-state index in [4.69, 9.17) is 0 Å². The molecule has 4 aliphatic rings. The van der Waals surface area contributed by atoms with E-state index in [2.05, 4.69) is 320 Å². The fourth-order valence-electron chi connectivity index (χ4n) is 14.7. The predicted molar refractivity (Wildman–Crippen MR) is 351 cm³/mol. The largest absolute Gasteiger partial charge is 1.00 e. The van der Waals surface area contributed by atoms with Crippen LogP contribution < -0.4 is 35.2 Å². The zero-order valence-electron chi connectivity index (χ0n) is 48.8. The standard InChI is InChI=1S/4C16H13.2C7H9Si.2ClH.2Hf/c4*1-12-10-14-8-5-9-15(16(14)11-12)13-6-3-2-4-7-13;2*1-8-7-5-3-2-4-6-7;;;;/h4*2-11H,1H3;2*2-6,8H,1H3;2*1H;;/q;;;;;;;;2*+1/p-2. The van der Waals surface area contributed by atoms with Crippen LogP contribution in [0.3, 0.4) is 0 Å². The third kappa shape index (κ3) is 11.3. The summed E-state index contributed by atoms with van der Waals surface area (Å²) in [5, 5.41) is 3.30. The van der Waals surface area contributed by atoms with Gasteiger partial charge in [0.15, 0.2) is 0 Å². The molecule has 0 bridgehead atoms. The van der Waals surface area contributed by atoms with Gasteiger partial charge in [0.2, 0.25) is 0 Å². The van der Waals surface area contributed by atoms with Crippen LogP contribution in [0.2, 0.25) is 13.1 Å². The maximum atomic E-state index is 2.69. The minimum Gasteiger partial charge on any atom is -1.00 e. The summed E-state index contributed by atoms with van der Waals surface area (Å²) in [6, 6.07) is 95.5. The van der Waals surface area contributed by atoms with Gasteiger partial charge in [-0.2, -0.15) is 0 Å². The maximum absolute atomic E-state index is 2.69. The summed E-state index contributed by atoms with van der Waals surface area (Å²) in [7, 11) is 0. The summed E-state index contributed by atoms with van der Waals surface area (Å²) in [6.07, 6.45) is 10.2. The molecule has 0 aromatic heterocycles. The topological polar surface area (TPSA) is 0 Å². The molecule has 10 aromatic rings. The Morgan fingerprint density at radius 2 is 0.452 bits per heavy atom. The van der Waals surface area contributed by atoms with Crippen LogP contribution in [0.25, 0.3) is 68.8 Å². The minimum absolute atomic E-state index is 0. The summed E-state index contributed by atoms with van der Waals surface area (Å²) in [5.74, 6) is -2.45. The van der Waals surface area contributed by atoms with Crippen molar-refractivity contribution >= 4 is 46.6 Å². The second-order valence-corrected chi connectivity index (χ2v) is 72.5. The van der Waals surface area contributed by atoms with Gasteiger partial charge >= 0.3 is 509 Å². The number of benzene rings is 10. The van der Waals surface area contributed by atoms with Gasteiger partial charge in [-0.1, -0.05) is 0 Å². The molecule has 0 N–H and O–H groups in total. The Balaban J connectivity index is 0.000000171. The molecule has 6 unspecified atom stereocenters. The Bertz CT molecular complexity index is 3600.